The van der Waals surface area contributed by atoms with Gasteiger partial charge in [-0.05, 0) is 134 Å². The third-order valence-corrected chi connectivity index (χ3v) is 11.1. The van der Waals surface area contributed by atoms with Crippen LogP contribution in [0.3, 0.4) is 0 Å². The van der Waals surface area contributed by atoms with Crippen molar-refractivity contribution in [2.24, 2.45) is 0 Å². The summed E-state index contributed by atoms with van der Waals surface area (Å²) in [5, 5.41) is 4.30. The van der Waals surface area contributed by atoms with Crippen LogP contribution in [0.2, 0.25) is 0 Å². The molecule has 0 radical (unpaired) electrons. The number of para-hydroxylation sites is 2. The molecule has 0 fully saturated rings. The molecule has 0 aliphatic rings. The van der Waals surface area contributed by atoms with E-state index in [1.807, 2.05) is 76.2 Å². The van der Waals surface area contributed by atoms with E-state index in [0.717, 1.165) is 11.4 Å². The highest BCUT2D eigenvalue weighted by Crippen LogP contribution is 2.28. The van der Waals surface area contributed by atoms with Gasteiger partial charge >= 0.3 is 12.1 Å². The van der Waals surface area contributed by atoms with E-state index >= 15 is 0 Å². The van der Waals surface area contributed by atoms with Crippen LogP contribution in [-0.4, -0.2) is 113 Å². The largest absolute Gasteiger partial charge is 0.494 e. The number of benzene rings is 4. The SMILES string of the molecule is CCN(CC)CC.CCOCCN(C(=O)C(F)(F)F)C(C)c1nc2ccccc2c(=O)n1-c1ccc(OCC)cc1.CCOCCNC(C)c1nc2ccccc2c(=O)n1-c1ccc(OCC)cc1. The fourth-order valence-corrected chi connectivity index (χ4v) is 7.42. The van der Waals surface area contributed by atoms with Gasteiger partial charge in [0.05, 0.1) is 71.7 Å². The Balaban J connectivity index is 0.000000267. The minimum atomic E-state index is -5.10. The Morgan fingerprint density at radius 2 is 1.06 bits per heavy atom. The number of amides is 1. The second-order valence-electron chi connectivity index (χ2n) is 15.5. The van der Waals surface area contributed by atoms with Crippen LogP contribution in [0.25, 0.3) is 33.2 Å². The van der Waals surface area contributed by atoms with Crippen molar-refractivity contribution in [1.29, 1.82) is 0 Å². The van der Waals surface area contributed by atoms with Gasteiger partial charge in [0.2, 0.25) is 0 Å². The Kier molecular flexibility index (Phi) is 22.3. The summed E-state index contributed by atoms with van der Waals surface area (Å²) in [5.74, 6) is -0.00241. The first-order chi connectivity index (χ1) is 33.2. The number of aromatic nitrogens is 4. The first-order valence-electron chi connectivity index (χ1n) is 23.7. The number of hydrogen-bond donors (Lipinski definition) is 1. The zero-order chi connectivity index (χ0) is 50.5. The van der Waals surface area contributed by atoms with Crippen molar-refractivity contribution in [3.63, 3.8) is 0 Å². The predicted molar refractivity (Wildman–Crippen MR) is 266 cm³/mol. The van der Waals surface area contributed by atoms with Gasteiger partial charge in [0.15, 0.2) is 0 Å². The van der Waals surface area contributed by atoms with Crippen LogP contribution in [0.4, 0.5) is 13.2 Å². The number of nitrogens with one attached hydrogen (secondary N) is 1. The van der Waals surface area contributed by atoms with Gasteiger partial charge in [-0.25, -0.2) is 9.97 Å². The summed E-state index contributed by atoms with van der Waals surface area (Å²) in [6.07, 6.45) is -5.10. The molecule has 2 atom stereocenters. The van der Waals surface area contributed by atoms with E-state index in [1.165, 1.54) is 31.1 Å². The lowest BCUT2D eigenvalue weighted by Crippen LogP contribution is -2.45. The number of carbonyl (C=O) groups is 1. The van der Waals surface area contributed by atoms with E-state index in [0.29, 0.717) is 76.9 Å². The molecule has 6 aromatic rings. The maximum absolute atomic E-state index is 13.5. The van der Waals surface area contributed by atoms with E-state index < -0.39 is 23.7 Å². The summed E-state index contributed by atoms with van der Waals surface area (Å²) < 4.78 is 64.7. The molecule has 69 heavy (non-hydrogen) atoms. The van der Waals surface area contributed by atoms with Crippen molar-refractivity contribution in [3.05, 3.63) is 129 Å². The smallest absolute Gasteiger partial charge is 0.471 e. The molecule has 17 heteroatoms. The lowest BCUT2D eigenvalue weighted by Gasteiger charge is -2.31. The van der Waals surface area contributed by atoms with E-state index in [2.05, 4.69) is 36.0 Å². The van der Waals surface area contributed by atoms with Gasteiger partial charge in [0.25, 0.3) is 11.1 Å². The van der Waals surface area contributed by atoms with Gasteiger partial charge in [-0.1, -0.05) is 45.0 Å². The molecule has 2 unspecified atom stereocenters. The molecule has 374 valence electrons. The van der Waals surface area contributed by atoms with Crippen molar-refractivity contribution in [1.82, 2.24) is 34.2 Å². The number of hydrogen-bond acceptors (Lipinski definition) is 11. The average Bonchev–Trinajstić information content (AvgIpc) is 3.35. The van der Waals surface area contributed by atoms with Crippen LogP contribution in [0.15, 0.2) is 107 Å². The lowest BCUT2D eigenvalue weighted by atomic mass is 10.1. The van der Waals surface area contributed by atoms with Gasteiger partial charge in [-0.2, -0.15) is 13.2 Å². The zero-order valence-electron chi connectivity index (χ0n) is 41.3. The number of alkyl halides is 3. The van der Waals surface area contributed by atoms with Gasteiger partial charge in [-0.15, -0.1) is 0 Å². The summed E-state index contributed by atoms with van der Waals surface area (Å²) in [5.41, 5.74) is 1.63. The Hall–Kier alpha value is -6.14. The van der Waals surface area contributed by atoms with E-state index in [1.54, 1.807) is 60.0 Å². The van der Waals surface area contributed by atoms with Crippen LogP contribution in [0.5, 0.6) is 11.5 Å². The quantitative estimate of drug-likeness (QED) is 0.0691. The van der Waals surface area contributed by atoms with Crippen molar-refractivity contribution in [2.45, 2.75) is 80.6 Å². The summed E-state index contributed by atoms with van der Waals surface area (Å²) >= 11 is 0. The second-order valence-corrected chi connectivity index (χ2v) is 15.5. The van der Waals surface area contributed by atoms with Gasteiger partial charge < -0.3 is 34.1 Å². The molecule has 0 saturated heterocycles. The van der Waals surface area contributed by atoms with Crippen molar-refractivity contribution in [2.75, 3.05) is 72.4 Å². The molecule has 0 saturated carbocycles. The fourth-order valence-electron chi connectivity index (χ4n) is 7.42. The van der Waals surface area contributed by atoms with Crippen LogP contribution < -0.4 is 25.9 Å². The number of fused-ring (bicyclic) bond motifs is 2. The number of nitrogens with zero attached hydrogens (tertiary/aromatic N) is 6. The summed E-state index contributed by atoms with van der Waals surface area (Å²) in [6.45, 7) is 23.9. The zero-order valence-corrected chi connectivity index (χ0v) is 41.3. The third-order valence-electron chi connectivity index (χ3n) is 11.1. The lowest BCUT2D eigenvalue weighted by molar-refractivity contribution is -0.188. The van der Waals surface area contributed by atoms with Crippen molar-refractivity contribution < 1.29 is 36.9 Å². The molecule has 0 spiro atoms. The Morgan fingerprint density at radius 3 is 1.48 bits per heavy atom. The highest BCUT2D eigenvalue weighted by Gasteiger charge is 2.45. The van der Waals surface area contributed by atoms with Crippen LogP contribution >= 0.6 is 0 Å². The van der Waals surface area contributed by atoms with Crippen LogP contribution in [-0.2, 0) is 14.3 Å². The number of ether oxygens (including phenoxy) is 4. The highest BCUT2D eigenvalue weighted by atomic mass is 19.4. The van der Waals surface area contributed by atoms with Crippen molar-refractivity contribution in [3.8, 4) is 22.9 Å². The molecule has 4 aromatic carbocycles. The summed E-state index contributed by atoms with van der Waals surface area (Å²) in [6, 6.07) is 26.8. The molecule has 0 bridgehead atoms. The molecule has 14 nitrogen and oxygen atoms in total. The normalized spacial score (nSPS) is 12.2. The van der Waals surface area contributed by atoms with Crippen molar-refractivity contribution >= 4 is 27.7 Å². The molecular weight excluding hydrogens is 892 g/mol. The number of carbonyl (C=O) groups excluding carboxylic acids is 1. The highest BCUT2D eigenvalue weighted by molar-refractivity contribution is 5.83. The van der Waals surface area contributed by atoms with Gasteiger partial charge in [0.1, 0.15) is 23.1 Å². The topological polar surface area (TPSA) is 142 Å². The minimum absolute atomic E-state index is 0.00181. The molecule has 0 aliphatic carbocycles. The van der Waals surface area contributed by atoms with E-state index in [9.17, 15) is 27.6 Å². The van der Waals surface area contributed by atoms with E-state index in [4.69, 9.17) is 23.9 Å². The number of halogens is 3. The Morgan fingerprint density at radius 1 is 0.623 bits per heavy atom. The number of rotatable bonds is 21. The monoisotopic (exact) mass is 960 g/mol. The van der Waals surface area contributed by atoms with Gasteiger partial charge in [0, 0.05) is 26.3 Å². The molecule has 2 heterocycles. The Bertz CT molecular complexity index is 2610. The standard InChI is InChI=1S/C24H26F3N3O4.C22H27N3O3.C6H15N/c1-4-33-15-14-29(23(32)24(25,26)27)16(3)21-28-20-9-7-6-8-19(20)22(31)30(21)17-10-12-18(13-11-17)34-5-2;1-4-27-15-14-23-16(3)21-24-20-9-7-6-8-19(20)22(26)25(21)17-10-12-18(13-11-17)28-5-2;1-4-7(5-2)6-3/h6-13,16H,4-5,14-15H2,1-3H3;6-13,16,23H,4-5,14-15H2,1-3H3;4-6H2,1-3H3. The molecule has 1 N–H and O–H groups in total. The average molecular weight is 960 g/mol. The molecular formula is C52H68F3N7O7. The first kappa shape index (κ1) is 55.5. The molecule has 6 rings (SSSR count). The molecule has 0 aliphatic heterocycles. The Labute approximate surface area is 403 Å². The maximum atomic E-state index is 13.5. The van der Waals surface area contributed by atoms with Gasteiger partial charge in [-0.3, -0.25) is 23.5 Å². The first-order valence-corrected chi connectivity index (χ1v) is 23.7. The maximum Gasteiger partial charge on any atom is 0.471 e. The minimum Gasteiger partial charge on any atom is -0.494 e. The summed E-state index contributed by atoms with van der Waals surface area (Å²) in [4.78, 5) is 51.4. The second kappa shape index (κ2) is 27.8. The fraction of sp³-hybridized carbons (Fsp3) is 0.442. The van der Waals surface area contributed by atoms with Crippen LogP contribution in [0.1, 0.15) is 86.0 Å². The molecule has 2 aromatic heterocycles. The third kappa shape index (κ3) is 15.2. The summed E-state index contributed by atoms with van der Waals surface area (Å²) in [7, 11) is 0. The van der Waals surface area contributed by atoms with Crippen LogP contribution in [0, 0.1) is 0 Å². The van der Waals surface area contributed by atoms with E-state index in [-0.39, 0.29) is 37.2 Å². The predicted octanol–water partition coefficient (Wildman–Crippen LogP) is 9.09. The molecule has 1 amide bonds.